The molecule has 0 fully saturated rings. The quantitative estimate of drug-likeness (QED) is 0.743. The van der Waals surface area contributed by atoms with E-state index in [2.05, 4.69) is 20.3 Å². The summed E-state index contributed by atoms with van der Waals surface area (Å²) in [5.41, 5.74) is 2.89. The highest BCUT2D eigenvalue weighted by molar-refractivity contribution is 5.82. The Morgan fingerprint density at radius 1 is 1.11 bits per heavy atom. The van der Waals surface area contributed by atoms with E-state index in [0.717, 1.165) is 22.2 Å². The number of benzene rings is 1. The minimum absolute atomic E-state index is 0.698. The molecule has 0 saturated carbocycles. The Labute approximate surface area is 105 Å². The molecule has 2 aromatic heterocycles. The van der Waals surface area contributed by atoms with Crippen LogP contribution in [0, 0.1) is 0 Å². The summed E-state index contributed by atoms with van der Waals surface area (Å²) in [5.74, 6) is 0.698. The van der Waals surface area contributed by atoms with Gasteiger partial charge in [-0.15, -0.1) is 0 Å². The van der Waals surface area contributed by atoms with Crippen LogP contribution in [0.2, 0.25) is 0 Å². The molecule has 0 aliphatic carbocycles. The number of hydrogen-bond donors (Lipinski definition) is 1. The topological polar surface area (TPSA) is 50.7 Å². The van der Waals surface area contributed by atoms with E-state index < -0.39 is 0 Å². The third-order valence-electron chi connectivity index (χ3n) is 2.79. The maximum absolute atomic E-state index is 4.56. The van der Waals surface area contributed by atoms with Crippen LogP contribution in [0.1, 0.15) is 0 Å². The van der Waals surface area contributed by atoms with E-state index in [9.17, 15) is 0 Å². The molecule has 0 aliphatic rings. The Hall–Kier alpha value is -2.49. The van der Waals surface area contributed by atoms with Gasteiger partial charge in [0.05, 0.1) is 5.52 Å². The van der Waals surface area contributed by atoms with Crippen LogP contribution >= 0.6 is 0 Å². The number of pyridine rings is 1. The number of fused-ring (bicyclic) bond motifs is 1. The fraction of sp³-hybridized carbons (Fsp3) is 0.0714. The van der Waals surface area contributed by atoms with Crippen LogP contribution in [0.4, 0.5) is 5.69 Å². The van der Waals surface area contributed by atoms with Crippen LogP contribution in [-0.4, -0.2) is 22.0 Å². The van der Waals surface area contributed by atoms with Crippen LogP contribution in [0.25, 0.3) is 22.3 Å². The van der Waals surface area contributed by atoms with Crippen molar-refractivity contribution in [3.05, 3.63) is 48.9 Å². The highest BCUT2D eigenvalue weighted by Crippen LogP contribution is 2.20. The third kappa shape index (κ3) is 1.88. The Balaban J connectivity index is 2.15. The van der Waals surface area contributed by atoms with Gasteiger partial charge in [-0.05, 0) is 30.3 Å². The SMILES string of the molecule is CNc1ccc2cnc(-c3cccnc3)nc2c1. The number of anilines is 1. The minimum Gasteiger partial charge on any atom is -0.388 e. The van der Waals surface area contributed by atoms with Crippen LogP contribution in [0.3, 0.4) is 0 Å². The van der Waals surface area contributed by atoms with Gasteiger partial charge in [0.2, 0.25) is 0 Å². The predicted octanol–water partition coefficient (Wildman–Crippen LogP) is 2.73. The Kier molecular flexibility index (Phi) is 2.61. The van der Waals surface area contributed by atoms with Gasteiger partial charge in [0.15, 0.2) is 5.82 Å². The number of nitrogens with one attached hydrogen (secondary N) is 1. The standard InChI is InChI=1S/C14H12N4/c1-15-12-5-4-10-9-17-14(18-13(10)7-12)11-3-2-6-16-8-11/h2-9,15H,1H3. The first-order valence-electron chi connectivity index (χ1n) is 5.72. The molecule has 0 amide bonds. The van der Waals surface area contributed by atoms with E-state index >= 15 is 0 Å². The molecule has 0 unspecified atom stereocenters. The van der Waals surface area contributed by atoms with Gasteiger partial charge in [-0.2, -0.15) is 0 Å². The molecular weight excluding hydrogens is 224 g/mol. The Bertz CT molecular complexity index is 680. The second-order valence-electron chi connectivity index (χ2n) is 3.96. The molecule has 0 spiro atoms. The monoisotopic (exact) mass is 236 g/mol. The average molecular weight is 236 g/mol. The molecular formula is C14H12N4. The van der Waals surface area contributed by atoms with E-state index in [1.54, 1.807) is 12.4 Å². The van der Waals surface area contributed by atoms with Crippen LogP contribution < -0.4 is 5.32 Å². The summed E-state index contributed by atoms with van der Waals surface area (Å²) in [7, 11) is 1.89. The van der Waals surface area contributed by atoms with E-state index in [0.29, 0.717) is 5.82 Å². The van der Waals surface area contributed by atoms with Gasteiger partial charge in [0.25, 0.3) is 0 Å². The molecule has 18 heavy (non-hydrogen) atoms. The summed E-state index contributed by atoms with van der Waals surface area (Å²) in [6.07, 6.45) is 5.34. The van der Waals surface area contributed by atoms with Crippen LogP contribution in [0.15, 0.2) is 48.9 Å². The lowest BCUT2D eigenvalue weighted by Gasteiger charge is -2.04. The molecule has 0 saturated heterocycles. The van der Waals surface area contributed by atoms with Gasteiger partial charge in [-0.1, -0.05) is 0 Å². The van der Waals surface area contributed by atoms with Crippen molar-refractivity contribution in [1.82, 2.24) is 15.0 Å². The highest BCUT2D eigenvalue weighted by atomic mass is 14.9. The van der Waals surface area contributed by atoms with E-state index in [-0.39, 0.29) is 0 Å². The maximum atomic E-state index is 4.56. The Morgan fingerprint density at radius 3 is 2.83 bits per heavy atom. The molecule has 3 rings (SSSR count). The van der Waals surface area contributed by atoms with Crippen molar-refractivity contribution in [1.29, 1.82) is 0 Å². The zero-order valence-corrected chi connectivity index (χ0v) is 9.96. The molecule has 88 valence electrons. The summed E-state index contributed by atoms with van der Waals surface area (Å²) in [5, 5.41) is 4.13. The lowest BCUT2D eigenvalue weighted by atomic mass is 10.2. The van der Waals surface area contributed by atoms with E-state index in [4.69, 9.17) is 0 Å². The summed E-state index contributed by atoms with van der Waals surface area (Å²) < 4.78 is 0. The van der Waals surface area contributed by atoms with Crippen molar-refractivity contribution in [2.45, 2.75) is 0 Å². The molecule has 1 aromatic carbocycles. The van der Waals surface area contributed by atoms with Crippen molar-refractivity contribution in [3.63, 3.8) is 0 Å². The van der Waals surface area contributed by atoms with Gasteiger partial charge in [-0.25, -0.2) is 9.97 Å². The molecule has 2 heterocycles. The van der Waals surface area contributed by atoms with Gasteiger partial charge in [0, 0.05) is 42.3 Å². The zero-order valence-electron chi connectivity index (χ0n) is 9.96. The highest BCUT2D eigenvalue weighted by Gasteiger charge is 2.03. The molecule has 4 heteroatoms. The zero-order chi connectivity index (χ0) is 12.4. The lowest BCUT2D eigenvalue weighted by Crippen LogP contribution is -1.92. The molecule has 0 bridgehead atoms. The normalized spacial score (nSPS) is 10.5. The molecule has 1 N–H and O–H groups in total. The summed E-state index contributed by atoms with van der Waals surface area (Å²) >= 11 is 0. The second kappa shape index (κ2) is 4.41. The van der Waals surface area contributed by atoms with Gasteiger partial charge in [0.1, 0.15) is 0 Å². The van der Waals surface area contributed by atoms with Gasteiger partial charge < -0.3 is 5.32 Å². The summed E-state index contributed by atoms with van der Waals surface area (Å²) in [6, 6.07) is 9.86. The number of rotatable bonds is 2. The van der Waals surface area contributed by atoms with Crippen molar-refractivity contribution in [2.75, 3.05) is 12.4 Å². The van der Waals surface area contributed by atoms with Gasteiger partial charge in [-0.3, -0.25) is 4.98 Å². The summed E-state index contributed by atoms with van der Waals surface area (Å²) in [4.78, 5) is 13.0. The number of aromatic nitrogens is 3. The van der Waals surface area contributed by atoms with Crippen molar-refractivity contribution in [3.8, 4) is 11.4 Å². The molecule has 0 aliphatic heterocycles. The first-order valence-corrected chi connectivity index (χ1v) is 5.72. The number of hydrogen-bond acceptors (Lipinski definition) is 4. The molecule has 0 radical (unpaired) electrons. The van der Waals surface area contributed by atoms with Crippen molar-refractivity contribution in [2.24, 2.45) is 0 Å². The van der Waals surface area contributed by atoms with E-state index in [1.165, 1.54) is 0 Å². The maximum Gasteiger partial charge on any atom is 0.161 e. The predicted molar refractivity (Wildman–Crippen MR) is 72.3 cm³/mol. The fourth-order valence-electron chi connectivity index (χ4n) is 1.81. The first kappa shape index (κ1) is 10.7. The fourth-order valence-corrected chi connectivity index (χ4v) is 1.81. The lowest BCUT2D eigenvalue weighted by molar-refractivity contribution is 1.21. The van der Waals surface area contributed by atoms with Crippen molar-refractivity contribution < 1.29 is 0 Å². The van der Waals surface area contributed by atoms with Gasteiger partial charge >= 0.3 is 0 Å². The third-order valence-corrected chi connectivity index (χ3v) is 2.79. The molecule has 0 atom stereocenters. The largest absolute Gasteiger partial charge is 0.388 e. The van der Waals surface area contributed by atoms with Crippen molar-refractivity contribution >= 4 is 16.6 Å². The molecule has 4 nitrogen and oxygen atoms in total. The van der Waals surface area contributed by atoms with E-state index in [1.807, 2.05) is 43.6 Å². The first-order chi connectivity index (χ1) is 8.86. The summed E-state index contributed by atoms with van der Waals surface area (Å²) in [6.45, 7) is 0. The second-order valence-corrected chi connectivity index (χ2v) is 3.96. The van der Waals surface area contributed by atoms with Crippen LogP contribution in [-0.2, 0) is 0 Å². The average Bonchev–Trinajstić information content (AvgIpc) is 2.47. The number of nitrogens with zero attached hydrogens (tertiary/aromatic N) is 3. The Morgan fingerprint density at radius 2 is 2.06 bits per heavy atom. The minimum atomic E-state index is 0.698. The van der Waals surface area contributed by atoms with Crippen LogP contribution in [0.5, 0.6) is 0 Å². The smallest absolute Gasteiger partial charge is 0.161 e. The molecule has 3 aromatic rings.